The molecule has 1 rings (SSSR count). The molecule has 1 aromatic heterocycles. The van der Waals surface area contributed by atoms with Gasteiger partial charge in [0.15, 0.2) is 0 Å². The summed E-state index contributed by atoms with van der Waals surface area (Å²) in [6.07, 6.45) is -1.80. The first kappa shape index (κ1) is 9.51. The van der Waals surface area contributed by atoms with Crippen molar-refractivity contribution in [2.45, 2.75) is 13.3 Å². The normalized spacial score (nSPS) is 10.8. The van der Waals surface area contributed by atoms with E-state index in [0.717, 1.165) is 6.20 Å². The quantitative estimate of drug-likeness (QED) is 0.686. The van der Waals surface area contributed by atoms with Gasteiger partial charge in [-0.15, -0.1) is 0 Å². The Hall–Kier alpha value is -0.580. The summed E-state index contributed by atoms with van der Waals surface area (Å²) in [4.78, 5) is 3.42. The number of halogens is 4. The third-order valence-electron chi connectivity index (χ3n) is 1.49. The van der Waals surface area contributed by atoms with Crippen LogP contribution in [0, 0.1) is 12.7 Å². The average Bonchev–Trinajstić information content (AvgIpc) is 1.97. The van der Waals surface area contributed by atoms with Crippen LogP contribution in [0.3, 0.4) is 0 Å². The van der Waals surface area contributed by atoms with Crippen molar-refractivity contribution in [3.63, 3.8) is 0 Å². The highest BCUT2D eigenvalue weighted by molar-refractivity contribution is 9.10. The van der Waals surface area contributed by atoms with E-state index < -0.39 is 12.2 Å². The molecule has 0 fully saturated rings. The molecule has 12 heavy (non-hydrogen) atoms. The lowest BCUT2D eigenvalue weighted by molar-refractivity contribution is 0.148. The number of nitrogens with zero attached hydrogens (tertiary/aromatic N) is 1. The van der Waals surface area contributed by atoms with Crippen molar-refractivity contribution in [2.75, 3.05) is 0 Å². The minimum Gasteiger partial charge on any atom is -0.246 e. The molecule has 0 saturated carbocycles. The molecule has 1 aromatic rings. The first-order chi connectivity index (χ1) is 5.54. The molecular weight excluding hydrogens is 235 g/mol. The average molecular weight is 240 g/mol. The van der Waals surface area contributed by atoms with Gasteiger partial charge >= 0.3 is 0 Å². The fourth-order valence-corrected chi connectivity index (χ4v) is 1.39. The fraction of sp³-hybridized carbons (Fsp3) is 0.286. The van der Waals surface area contributed by atoms with Gasteiger partial charge in [0.25, 0.3) is 6.43 Å². The van der Waals surface area contributed by atoms with E-state index in [1.54, 1.807) is 0 Å². The molecule has 0 aromatic carbocycles. The Morgan fingerprint density at radius 1 is 1.50 bits per heavy atom. The van der Waals surface area contributed by atoms with Crippen LogP contribution >= 0.6 is 15.9 Å². The number of alkyl halides is 2. The molecule has 0 amide bonds. The number of aromatic nitrogens is 1. The first-order valence-corrected chi connectivity index (χ1v) is 3.92. The van der Waals surface area contributed by atoms with Crippen LogP contribution in [0.15, 0.2) is 10.8 Å². The van der Waals surface area contributed by atoms with E-state index in [4.69, 9.17) is 0 Å². The van der Waals surface area contributed by atoms with Crippen LogP contribution in [-0.4, -0.2) is 4.98 Å². The highest BCUT2D eigenvalue weighted by atomic mass is 79.9. The predicted octanol–water partition coefficient (Wildman–Crippen LogP) is 3.23. The van der Waals surface area contributed by atoms with E-state index in [1.165, 1.54) is 6.92 Å². The topological polar surface area (TPSA) is 12.9 Å². The summed E-state index contributed by atoms with van der Waals surface area (Å²) < 4.78 is 37.2. The van der Waals surface area contributed by atoms with Gasteiger partial charge in [-0.3, -0.25) is 0 Å². The van der Waals surface area contributed by atoms with E-state index >= 15 is 0 Å². The molecule has 0 unspecified atom stereocenters. The monoisotopic (exact) mass is 239 g/mol. The van der Waals surface area contributed by atoms with Crippen molar-refractivity contribution in [1.29, 1.82) is 0 Å². The summed E-state index contributed by atoms with van der Waals surface area (Å²) in [6, 6.07) is 0. The predicted molar refractivity (Wildman–Crippen MR) is 41.6 cm³/mol. The van der Waals surface area contributed by atoms with Crippen molar-refractivity contribution in [2.24, 2.45) is 0 Å². The zero-order valence-corrected chi connectivity index (χ0v) is 7.70. The van der Waals surface area contributed by atoms with Crippen molar-refractivity contribution in [3.05, 3.63) is 27.7 Å². The summed E-state index contributed by atoms with van der Waals surface area (Å²) in [6.45, 7) is 1.29. The molecule has 1 nitrogen and oxygen atoms in total. The van der Waals surface area contributed by atoms with Crippen LogP contribution in [0.2, 0.25) is 0 Å². The zero-order chi connectivity index (χ0) is 9.30. The third kappa shape index (κ3) is 1.60. The van der Waals surface area contributed by atoms with Gasteiger partial charge < -0.3 is 0 Å². The molecule has 0 aliphatic rings. The van der Waals surface area contributed by atoms with Gasteiger partial charge in [0.05, 0.1) is 11.8 Å². The first-order valence-electron chi connectivity index (χ1n) is 3.12. The van der Waals surface area contributed by atoms with Gasteiger partial charge in [-0.1, -0.05) is 0 Å². The van der Waals surface area contributed by atoms with Crippen LogP contribution in [0.4, 0.5) is 13.2 Å². The Balaban J connectivity index is 3.33. The van der Waals surface area contributed by atoms with Gasteiger partial charge in [-0.25, -0.2) is 18.2 Å². The molecule has 0 atom stereocenters. The van der Waals surface area contributed by atoms with Crippen molar-refractivity contribution < 1.29 is 13.2 Å². The largest absolute Gasteiger partial charge is 0.266 e. The van der Waals surface area contributed by atoms with Crippen molar-refractivity contribution in [3.8, 4) is 0 Å². The minimum atomic E-state index is -2.71. The maximum absolute atomic E-state index is 12.7. The summed E-state index contributed by atoms with van der Waals surface area (Å²) in [5, 5.41) is 0. The Labute approximate surface area is 75.7 Å². The van der Waals surface area contributed by atoms with Crippen LogP contribution in [0.25, 0.3) is 0 Å². The van der Waals surface area contributed by atoms with Crippen LogP contribution < -0.4 is 0 Å². The van der Waals surface area contributed by atoms with E-state index in [9.17, 15) is 13.2 Å². The third-order valence-corrected chi connectivity index (χ3v) is 2.13. The smallest absolute Gasteiger partial charge is 0.246 e. The number of hydrogen-bond acceptors (Lipinski definition) is 1. The number of rotatable bonds is 1. The maximum atomic E-state index is 12.7. The molecule has 66 valence electrons. The van der Waals surface area contributed by atoms with E-state index in [1.807, 2.05) is 0 Å². The van der Waals surface area contributed by atoms with E-state index in [2.05, 4.69) is 20.9 Å². The summed E-state index contributed by atoms with van der Waals surface area (Å²) >= 11 is 2.82. The van der Waals surface area contributed by atoms with Crippen LogP contribution in [0.5, 0.6) is 0 Å². The van der Waals surface area contributed by atoms with E-state index in [0.29, 0.717) is 0 Å². The molecule has 0 bridgehead atoms. The Morgan fingerprint density at radius 2 is 2.08 bits per heavy atom. The summed E-state index contributed by atoms with van der Waals surface area (Å²) in [5.74, 6) is -0.714. The second kappa shape index (κ2) is 3.43. The molecule has 5 heteroatoms. The highest BCUT2D eigenvalue weighted by Gasteiger charge is 2.18. The molecule has 0 saturated heterocycles. The zero-order valence-electron chi connectivity index (χ0n) is 6.11. The molecular formula is C7H5BrF3N. The standard InChI is InChI=1S/C7H5BrF3N/c1-3-4(9)2-12-6(8)5(3)7(10)11/h2,7H,1H3. The molecule has 0 aliphatic heterocycles. The highest BCUT2D eigenvalue weighted by Crippen LogP contribution is 2.29. The molecule has 0 spiro atoms. The number of hydrogen-bond donors (Lipinski definition) is 0. The lowest BCUT2D eigenvalue weighted by Crippen LogP contribution is -1.97. The Kier molecular flexibility index (Phi) is 2.72. The van der Waals surface area contributed by atoms with Crippen molar-refractivity contribution >= 4 is 15.9 Å². The summed E-state index contributed by atoms with van der Waals surface area (Å²) in [7, 11) is 0. The number of pyridine rings is 1. The van der Waals surface area contributed by atoms with Gasteiger partial charge in [0.1, 0.15) is 10.4 Å². The second-order valence-electron chi connectivity index (χ2n) is 2.24. The minimum absolute atomic E-state index is 0.00333. The lowest BCUT2D eigenvalue weighted by Gasteiger charge is -2.06. The van der Waals surface area contributed by atoms with Gasteiger partial charge in [-0.2, -0.15) is 0 Å². The summed E-state index contributed by atoms with van der Waals surface area (Å²) in [5.41, 5.74) is -0.443. The van der Waals surface area contributed by atoms with Gasteiger partial charge in [0, 0.05) is 0 Å². The SMILES string of the molecule is Cc1c(F)cnc(Br)c1C(F)F. The second-order valence-corrected chi connectivity index (χ2v) is 2.99. The van der Waals surface area contributed by atoms with Crippen molar-refractivity contribution in [1.82, 2.24) is 4.98 Å². The molecule has 1 heterocycles. The lowest BCUT2D eigenvalue weighted by atomic mass is 10.1. The van der Waals surface area contributed by atoms with Crippen LogP contribution in [-0.2, 0) is 0 Å². The molecule has 0 aliphatic carbocycles. The maximum Gasteiger partial charge on any atom is 0.266 e. The van der Waals surface area contributed by atoms with Gasteiger partial charge in [-0.05, 0) is 28.4 Å². The Morgan fingerprint density at radius 3 is 2.50 bits per heavy atom. The Bertz CT molecular complexity index is 301. The van der Waals surface area contributed by atoms with Gasteiger partial charge in [0.2, 0.25) is 0 Å². The fourth-order valence-electron chi connectivity index (χ4n) is 0.817. The van der Waals surface area contributed by atoms with Crippen LogP contribution in [0.1, 0.15) is 17.6 Å². The molecule has 0 radical (unpaired) electrons. The molecule has 0 N–H and O–H groups in total. The van der Waals surface area contributed by atoms with E-state index in [-0.39, 0.29) is 15.7 Å².